The van der Waals surface area contributed by atoms with E-state index in [-0.39, 0.29) is 5.91 Å². The van der Waals surface area contributed by atoms with Crippen LogP contribution in [0, 0.1) is 20.8 Å². The standard InChI is InChI=1S/C29H34N6O/c1-21-19-28-30-22(2)27(23(3)35(28)32-21)13-14-29(36)31-25-9-11-26(12-10-25)34-17-15-33(16-18-34)20-24-7-5-4-6-8-24/h4-12,19H,13-18,20H2,1-3H3,(H,31,36). The zero-order chi connectivity index (χ0) is 25.1. The Morgan fingerprint density at radius 3 is 2.39 bits per heavy atom. The number of anilines is 2. The van der Waals surface area contributed by atoms with E-state index < -0.39 is 0 Å². The number of piperazine rings is 1. The quantitative estimate of drug-likeness (QED) is 0.419. The van der Waals surface area contributed by atoms with Gasteiger partial charge in [0.05, 0.1) is 5.69 Å². The van der Waals surface area contributed by atoms with Crippen LogP contribution in [-0.4, -0.2) is 51.6 Å². The monoisotopic (exact) mass is 482 g/mol. The van der Waals surface area contributed by atoms with Gasteiger partial charge in [-0.1, -0.05) is 30.3 Å². The van der Waals surface area contributed by atoms with Crippen molar-refractivity contribution in [3.8, 4) is 0 Å². The minimum atomic E-state index is 0.00724. The summed E-state index contributed by atoms with van der Waals surface area (Å²) >= 11 is 0. The van der Waals surface area contributed by atoms with Gasteiger partial charge in [0.25, 0.3) is 0 Å². The Kier molecular flexibility index (Phi) is 7.00. The van der Waals surface area contributed by atoms with E-state index in [0.29, 0.717) is 12.8 Å². The highest BCUT2D eigenvalue weighted by Crippen LogP contribution is 2.21. The first-order chi connectivity index (χ1) is 17.5. The molecular weight excluding hydrogens is 448 g/mol. The topological polar surface area (TPSA) is 65.8 Å². The molecule has 1 amide bonds. The third-order valence-electron chi connectivity index (χ3n) is 7.03. The number of carbonyl (C=O) groups excluding carboxylic acids is 1. The molecule has 1 saturated heterocycles. The Hall–Kier alpha value is -3.71. The van der Waals surface area contributed by atoms with Crippen molar-refractivity contribution in [2.45, 2.75) is 40.2 Å². The van der Waals surface area contributed by atoms with Crippen molar-refractivity contribution in [3.05, 3.63) is 88.9 Å². The smallest absolute Gasteiger partial charge is 0.224 e. The predicted molar refractivity (Wildman–Crippen MR) is 145 cm³/mol. The molecule has 7 heteroatoms. The summed E-state index contributed by atoms with van der Waals surface area (Å²) in [5.74, 6) is 0.00724. The Bertz CT molecular complexity index is 1340. The molecule has 0 unspecified atom stereocenters. The molecule has 1 aliphatic rings. The van der Waals surface area contributed by atoms with E-state index in [9.17, 15) is 4.79 Å². The van der Waals surface area contributed by atoms with Crippen molar-refractivity contribution in [2.24, 2.45) is 0 Å². The Morgan fingerprint density at radius 1 is 0.944 bits per heavy atom. The summed E-state index contributed by atoms with van der Waals surface area (Å²) in [5, 5.41) is 7.57. The molecule has 0 aliphatic carbocycles. The van der Waals surface area contributed by atoms with E-state index in [4.69, 9.17) is 0 Å². The Morgan fingerprint density at radius 2 is 1.67 bits per heavy atom. The van der Waals surface area contributed by atoms with E-state index in [0.717, 1.165) is 66.7 Å². The summed E-state index contributed by atoms with van der Waals surface area (Å²) in [6, 6.07) is 20.8. The molecule has 0 spiro atoms. The lowest BCUT2D eigenvalue weighted by Crippen LogP contribution is -2.45. The van der Waals surface area contributed by atoms with Gasteiger partial charge >= 0.3 is 0 Å². The molecule has 0 atom stereocenters. The number of rotatable bonds is 7. The number of aryl methyl sites for hydroxylation is 3. The van der Waals surface area contributed by atoms with Crippen molar-refractivity contribution < 1.29 is 4.79 Å². The van der Waals surface area contributed by atoms with Crippen LogP contribution in [0.15, 0.2) is 60.7 Å². The Balaban J connectivity index is 1.12. The summed E-state index contributed by atoms with van der Waals surface area (Å²) in [6.07, 6.45) is 1.04. The maximum absolute atomic E-state index is 12.7. The van der Waals surface area contributed by atoms with Crippen LogP contribution in [0.3, 0.4) is 0 Å². The molecule has 3 heterocycles. The number of fused-ring (bicyclic) bond motifs is 1. The number of nitrogens with zero attached hydrogens (tertiary/aromatic N) is 5. The average Bonchev–Trinajstić information content (AvgIpc) is 3.26. The van der Waals surface area contributed by atoms with Gasteiger partial charge in [-0.25, -0.2) is 9.50 Å². The van der Waals surface area contributed by atoms with Crippen molar-refractivity contribution >= 4 is 22.9 Å². The minimum absolute atomic E-state index is 0.00724. The second kappa shape index (κ2) is 10.5. The summed E-state index contributed by atoms with van der Waals surface area (Å²) in [6.45, 7) is 11.1. The number of carbonyl (C=O) groups is 1. The fraction of sp³-hybridized carbons (Fsp3) is 0.345. The number of hydrogen-bond acceptors (Lipinski definition) is 5. The maximum atomic E-state index is 12.7. The predicted octanol–water partition coefficient (Wildman–Crippen LogP) is 4.55. The highest BCUT2D eigenvalue weighted by Gasteiger charge is 2.18. The lowest BCUT2D eigenvalue weighted by molar-refractivity contribution is -0.116. The zero-order valence-electron chi connectivity index (χ0n) is 21.4. The molecule has 0 bridgehead atoms. The third-order valence-corrected chi connectivity index (χ3v) is 7.03. The maximum Gasteiger partial charge on any atom is 0.224 e. The van der Waals surface area contributed by atoms with Gasteiger partial charge in [0.15, 0.2) is 5.65 Å². The highest BCUT2D eigenvalue weighted by molar-refractivity contribution is 5.91. The molecule has 1 fully saturated rings. The fourth-order valence-electron chi connectivity index (χ4n) is 5.03. The van der Waals surface area contributed by atoms with E-state index >= 15 is 0 Å². The molecule has 36 heavy (non-hydrogen) atoms. The van der Waals surface area contributed by atoms with Crippen LogP contribution in [0.1, 0.15) is 34.6 Å². The molecule has 4 aromatic rings. The number of hydrogen-bond donors (Lipinski definition) is 1. The number of amides is 1. The molecule has 1 N–H and O–H groups in total. The first-order valence-corrected chi connectivity index (χ1v) is 12.7. The largest absolute Gasteiger partial charge is 0.369 e. The minimum Gasteiger partial charge on any atom is -0.369 e. The first-order valence-electron chi connectivity index (χ1n) is 12.7. The SMILES string of the molecule is Cc1cc2nc(C)c(CCC(=O)Nc3ccc(N4CCN(Cc5ccccc5)CC4)cc3)c(C)n2n1. The van der Waals surface area contributed by atoms with Gasteiger partial charge in [-0.2, -0.15) is 5.10 Å². The summed E-state index contributed by atoms with van der Waals surface area (Å²) < 4.78 is 1.87. The van der Waals surface area contributed by atoms with Crippen LogP contribution >= 0.6 is 0 Å². The molecule has 1 aliphatic heterocycles. The van der Waals surface area contributed by atoms with Crippen LogP contribution in [-0.2, 0) is 17.8 Å². The van der Waals surface area contributed by atoms with Crippen LogP contribution < -0.4 is 10.2 Å². The van der Waals surface area contributed by atoms with Gasteiger partial charge in [0.2, 0.25) is 5.91 Å². The molecule has 5 rings (SSSR count). The van der Waals surface area contributed by atoms with Crippen molar-refractivity contribution in [3.63, 3.8) is 0 Å². The first kappa shape index (κ1) is 24.0. The average molecular weight is 483 g/mol. The third kappa shape index (κ3) is 5.41. The van der Waals surface area contributed by atoms with Crippen molar-refractivity contribution in [1.82, 2.24) is 19.5 Å². The molecular formula is C29H34N6O. The van der Waals surface area contributed by atoms with E-state index in [2.05, 4.69) is 67.7 Å². The molecule has 186 valence electrons. The summed E-state index contributed by atoms with van der Waals surface area (Å²) in [5.41, 5.74) is 8.29. The number of aromatic nitrogens is 3. The Labute approximate surface area is 212 Å². The number of nitrogens with one attached hydrogen (secondary N) is 1. The second-order valence-electron chi connectivity index (χ2n) is 9.66. The second-order valence-corrected chi connectivity index (χ2v) is 9.66. The highest BCUT2D eigenvalue weighted by atomic mass is 16.1. The normalized spacial score (nSPS) is 14.4. The van der Waals surface area contributed by atoms with Crippen molar-refractivity contribution in [2.75, 3.05) is 36.4 Å². The van der Waals surface area contributed by atoms with Crippen LogP contribution in [0.25, 0.3) is 5.65 Å². The molecule has 0 radical (unpaired) electrons. The number of benzene rings is 2. The molecule has 7 nitrogen and oxygen atoms in total. The fourth-order valence-corrected chi connectivity index (χ4v) is 5.03. The van der Waals surface area contributed by atoms with Crippen LogP contribution in [0.2, 0.25) is 0 Å². The van der Waals surface area contributed by atoms with Crippen LogP contribution in [0.5, 0.6) is 0 Å². The molecule has 2 aromatic carbocycles. The van der Waals surface area contributed by atoms with Gasteiger partial charge in [-0.3, -0.25) is 9.69 Å². The molecule has 0 saturated carbocycles. The zero-order valence-corrected chi connectivity index (χ0v) is 21.4. The van der Waals surface area contributed by atoms with Gasteiger partial charge in [-0.15, -0.1) is 0 Å². The van der Waals surface area contributed by atoms with E-state index in [1.807, 2.05) is 43.5 Å². The summed E-state index contributed by atoms with van der Waals surface area (Å²) in [4.78, 5) is 22.3. The van der Waals surface area contributed by atoms with Gasteiger partial charge < -0.3 is 10.2 Å². The lowest BCUT2D eigenvalue weighted by Gasteiger charge is -2.36. The van der Waals surface area contributed by atoms with Gasteiger partial charge in [0, 0.05) is 68.0 Å². The van der Waals surface area contributed by atoms with Crippen LogP contribution in [0.4, 0.5) is 11.4 Å². The lowest BCUT2D eigenvalue weighted by atomic mass is 10.1. The molecule has 2 aromatic heterocycles. The van der Waals surface area contributed by atoms with E-state index in [1.165, 1.54) is 11.3 Å². The van der Waals surface area contributed by atoms with E-state index in [1.54, 1.807) is 0 Å². The summed E-state index contributed by atoms with van der Waals surface area (Å²) in [7, 11) is 0. The van der Waals surface area contributed by atoms with Crippen molar-refractivity contribution in [1.29, 1.82) is 0 Å². The van der Waals surface area contributed by atoms with Gasteiger partial charge in [0.1, 0.15) is 0 Å². The van der Waals surface area contributed by atoms with Gasteiger partial charge in [-0.05, 0) is 62.6 Å².